The second-order valence-corrected chi connectivity index (χ2v) is 6.22. The summed E-state index contributed by atoms with van der Waals surface area (Å²) in [5.41, 5.74) is 2.29. The van der Waals surface area contributed by atoms with Crippen LogP contribution in [0, 0.1) is 0 Å². The van der Waals surface area contributed by atoms with Crippen molar-refractivity contribution in [1.29, 1.82) is 0 Å². The first-order valence-corrected chi connectivity index (χ1v) is 8.38. The average Bonchev–Trinajstić information content (AvgIpc) is 3.14. The molecule has 3 aromatic rings. The molecule has 24 heavy (non-hydrogen) atoms. The fourth-order valence-corrected chi connectivity index (χ4v) is 3.19. The van der Waals surface area contributed by atoms with Gasteiger partial charge in [-0.05, 0) is 43.6 Å². The molecule has 0 spiro atoms. The lowest BCUT2D eigenvalue weighted by Gasteiger charge is -2.30. The maximum absolute atomic E-state index is 5.89. The fourth-order valence-electron chi connectivity index (χ4n) is 3.19. The molecule has 1 aliphatic rings. The van der Waals surface area contributed by atoms with E-state index in [2.05, 4.69) is 50.4 Å². The second-order valence-electron chi connectivity index (χ2n) is 6.22. The molecular formula is C19H20N4O. The maximum Gasteiger partial charge on any atom is 0.247 e. The molecule has 0 atom stereocenters. The molecule has 0 unspecified atom stereocenters. The number of rotatable bonds is 4. The summed E-state index contributed by atoms with van der Waals surface area (Å²) in [6.45, 7) is 3.14. The molecule has 1 saturated heterocycles. The molecule has 0 radical (unpaired) electrons. The van der Waals surface area contributed by atoms with Crippen LogP contribution in [0.15, 0.2) is 59.3 Å². The summed E-state index contributed by atoms with van der Waals surface area (Å²) in [6.07, 6.45) is 5.60. The van der Waals surface area contributed by atoms with Crippen LogP contribution in [0.5, 0.6) is 0 Å². The van der Waals surface area contributed by atoms with E-state index < -0.39 is 0 Å². The SMILES string of the molecule is c1ccc(CN2CCC(c3nnc(-c4ccncc4)o3)CC2)cc1. The number of nitrogens with zero attached hydrogens (tertiary/aromatic N) is 4. The van der Waals surface area contributed by atoms with Gasteiger partial charge in [0.2, 0.25) is 11.8 Å². The molecule has 122 valence electrons. The quantitative estimate of drug-likeness (QED) is 0.736. The molecule has 0 bridgehead atoms. The van der Waals surface area contributed by atoms with Gasteiger partial charge >= 0.3 is 0 Å². The van der Waals surface area contributed by atoms with Gasteiger partial charge in [-0.1, -0.05) is 30.3 Å². The van der Waals surface area contributed by atoms with E-state index in [1.165, 1.54) is 5.56 Å². The molecule has 1 aliphatic heterocycles. The highest BCUT2D eigenvalue weighted by molar-refractivity contribution is 5.50. The molecule has 5 nitrogen and oxygen atoms in total. The highest BCUT2D eigenvalue weighted by atomic mass is 16.4. The van der Waals surface area contributed by atoms with Crippen LogP contribution in [0.4, 0.5) is 0 Å². The average molecular weight is 320 g/mol. The van der Waals surface area contributed by atoms with E-state index >= 15 is 0 Å². The standard InChI is InChI=1S/C19H20N4O/c1-2-4-15(5-3-1)14-23-12-8-17(9-13-23)19-22-21-18(24-19)16-6-10-20-11-7-16/h1-7,10-11,17H,8-9,12-14H2. The summed E-state index contributed by atoms with van der Waals surface area (Å²) in [5.74, 6) is 1.71. The monoisotopic (exact) mass is 320 g/mol. The van der Waals surface area contributed by atoms with E-state index in [0.29, 0.717) is 11.8 Å². The minimum Gasteiger partial charge on any atom is -0.420 e. The summed E-state index contributed by atoms with van der Waals surface area (Å²) < 4.78 is 5.89. The van der Waals surface area contributed by atoms with Crippen molar-refractivity contribution in [3.8, 4) is 11.5 Å². The molecule has 0 aliphatic carbocycles. The van der Waals surface area contributed by atoms with E-state index in [1.807, 2.05) is 12.1 Å². The lowest BCUT2D eigenvalue weighted by molar-refractivity contribution is 0.193. The van der Waals surface area contributed by atoms with Crippen LogP contribution in [0.3, 0.4) is 0 Å². The van der Waals surface area contributed by atoms with Crippen molar-refractivity contribution in [1.82, 2.24) is 20.1 Å². The van der Waals surface area contributed by atoms with Crippen LogP contribution < -0.4 is 0 Å². The Morgan fingerprint density at radius 2 is 1.71 bits per heavy atom. The van der Waals surface area contributed by atoms with E-state index in [-0.39, 0.29) is 0 Å². The van der Waals surface area contributed by atoms with Crippen molar-refractivity contribution in [3.05, 3.63) is 66.3 Å². The Labute approximate surface area is 141 Å². The van der Waals surface area contributed by atoms with Crippen LogP contribution in [0.25, 0.3) is 11.5 Å². The Morgan fingerprint density at radius 1 is 0.958 bits per heavy atom. The molecule has 0 amide bonds. The number of hydrogen-bond acceptors (Lipinski definition) is 5. The fraction of sp³-hybridized carbons (Fsp3) is 0.316. The van der Waals surface area contributed by atoms with Gasteiger partial charge in [0.1, 0.15) is 0 Å². The lowest BCUT2D eigenvalue weighted by Crippen LogP contribution is -2.32. The van der Waals surface area contributed by atoms with Crippen molar-refractivity contribution < 1.29 is 4.42 Å². The Balaban J connectivity index is 1.37. The third kappa shape index (κ3) is 3.36. The van der Waals surface area contributed by atoms with Gasteiger partial charge in [-0.15, -0.1) is 10.2 Å². The molecule has 5 heteroatoms. The Morgan fingerprint density at radius 3 is 2.46 bits per heavy atom. The minimum absolute atomic E-state index is 0.361. The van der Waals surface area contributed by atoms with Gasteiger partial charge in [0.15, 0.2) is 0 Å². The summed E-state index contributed by atoms with van der Waals surface area (Å²) in [5, 5.41) is 8.46. The first kappa shape index (κ1) is 15.0. The van der Waals surface area contributed by atoms with Crippen molar-refractivity contribution in [2.75, 3.05) is 13.1 Å². The summed E-state index contributed by atoms with van der Waals surface area (Å²) in [4.78, 5) is 6.51. The van der Waals surface area contributed by atoms with Crippen molar-refractivity contribution in [2.45, 2.75) is 25.3 Å². The first-order chi connectivity index (χ1) is 11.9. The molecular weight excluding hydrogens is 300 g/mol. The number of benzene rings is 1. The van der Waals surface area contributed by atoms with Gasteiger partial charge in [-0.3, -0.25) is 9.88 Å². The number of piperidine rings is 1. The normalized spacial score (nSPS) is 16.3. The van der Waals surface area contributed by atoms with Crippen LogP contribution in [0.2, 0.25) is 0 Å². The molecule has 1 aromatic carbocycles. The Bertz CT molecular complexity index is 764. The minimum atomic E-state index is 0.361. The Hall–Kier alpha value is -2.53. The van der Waals surface area contributed by atoms with Gasteiger partial charge in [0.05, 0.1) is 0 Å². The lowest BCUT2D eigenvalue weighted by atomic mass is 9.96. The van der Waals surface area contributed by atoms with Gasteiger partial charge in [-0.2, -0.15) is 0 Å². The van der Waals surface area contributed by atoms with Gasteiger partial charge < -0.3 is 4.42 Å². The van der Waals surface area contributed by atoms with Crippen molar-refractivity contribution in [2.24, 2.45) is 0 Å². The predicted octanol–water partition coefficient (Wildman–Crippen LogP) is 3.51. The zero-order valence-electron chi connectivity index (χ0n) is 13.5. The van der Waals surface area contributed by atoms with Crippen molar-refractivity contribution in [3.63, 3.8) is 0 Å². The molecule has 1 fully saturated rings. The second kappa shape index (κ2) is 6.93. The highest BCUT2D eigenvalue weighted by Gasteiger charge is 2.25. The molecule has 4 rings (SSSR count). The zero-order valence-corrected chi connectivity index (χ0v) is 13.5. The van der Waals surface area contributed by atoms with E-state index in [4.69, 9.17) is 4.42 Å². The van der Waals surface area contributed by atoms with E-state index in [1.54, 1.807) is 12.4 Å². The van der Waals surface area contributed by atoms with E-state index in [0.717, 1.165) is 43.9 Å². The van der Waals surface area contributed by atoms with E-state index in [9.17, 15) is 0 Å². The highest BCUT2D eigenvalue weighted by Crippen LogP contribution is 2.29. The first-order valence-electron chi connectivity index (χ1n) is 8.38. The Kier molecular flexibility index (Phi) is 4.34. The van der Waals surface area contributed by atoms with Crippen molar-refractivity contribution >= 4 is 0 Å². The van der Waals surface area contributed by atoms with Crippen LogP contribution >= 0.6 is 0 Å². The molecule has 0 saturated carbocycles. The molecule has 0 N–H and O–H groups in total. The summed E-state index contributed by atoms with van der Waals surface area (Å²) in [7, 11) is 0. The molecule has 3 heterocycles. The smallest absolute Gasteiger partial charge is 0.247 e. The topological polar surface area (TPSA) is 55.1 Å². The predicted molar refractivity (Wildman–Crippen MR) is 91.2 cm³/mol. The summed E-state index contributed by atoms with van der Waals surface area (Å²) in [6, 6.07) is 14.4. The van der Waals surface area contributed by atoms with Crippen LogP contribution in [-0.2, 0) is 6.54 Å². The van der Waals surface area contributed by atoms with Gasteiger partial charge in [0, 0.05) is 30.4 Å². The molecule has 2 aromatic heterocycles. The van der Waals surface area contributed by atoms with Gasteiger partial charge in [-0.25, -0.2) is 0 Å². The third-order valence-electron chi connectivity index (χ3n) is 4.55. The maximum atomic E-state index is 5.89. The zero-order chi connectivity index (χ0) is 16.2. The summed E-state index contributed by atoms with van der Waals surface area (Å²) >= 11 is 0. The largest absolute Gasteiger partial charge is 0.420 e. The number of hydrogen-bond donors (Lipinski definition) is 0. The number of aromatic nitrogens is 3. The third-order valence-corrected chi connectivity index (χ3v) is 4.55. The number of likely N-dealkylation sites (tertiary alicyclic amines) is 1. The van der Waals surface area contributed by atoms with Crippen LogP contribution in [-0.4, -0.2) is 33.2 Å². The van der Waals surface area contributed by atoms with Crippen LogP contribution in [0.1, 0.15) is 30.2 Å². The van der Waals surface area contributed by atoms with Gasteiger partial charge in [0.25, 0.3) is 0 Å². The number of pyridine rings is 1.